The van der Waals surface area contributed by atoms with Crippen LogP contribution in [0.3, 0.4) is 0 Å². The second kappa shape index (κ2) is 8.05. The first kappa shape index (κ1) is 19.2. The van der Waals surface area contributed by atoms with Crippen molar-refractivity contribution in [3.63, 3.8) is 0 Å². The number of fused-ring (bicyclic) bond motifs is 1. The van der Waals surface area contributed by atoms with E-state index < -0.39 is 0 Å². The molecule has 0 radical (unpaired) electrons. The van der Waals surface area contributed by atoms with Crippen LogP contribution in [0.4, 0.5) is 0 Å². The quantitative estimate of drug-likeness (QED) is 0.407. The van der Waals surface area contributed by atoms with E-state index in [1.54, 1.807) is 17.7 Å². The Labute approximate surface area is 177 Å². The van der Waals surface area contributed by atoms with Crippen molar-refractivity contribution in [3.8, 4) is 11.4 Å². The molecule has 0 spiro atoms. The number of para-hydroxylation sites is 2. The number of hydrogen-bond acceptors (Lipinski definition) is 3. The minimum Gasteiger partial charge on any atom is -0.496 e. The summed E-state index contributed by atoms with van der Waals surface area (Å²) in [5.74, 6) is 1.32. The van der Waals surface area contributed by atoms with Crippen molar-refractivity contribution < 1.29 is 4.74 Å². The molecule has 0 amide bonds. The molecule has 0 unspecified atom stereocenters. The average Bonchev–Trinajstić information content (AvgIpc) is 2.74. The molecule has 0 bridgehead atoms. The maximum absolute atomic E-state index is 13.3. The molecule has 4 nitrogen and oxygen atoms in total. The van der Waals surface area contributed by atoms with Crippen LogP contribution in [0.25, 0.3) is 28.7 Å². The summed E-state index contributed by atoms with van der Waals surface area (Å²) in [5, 5.41) is 0.586. The van der Waals surface area contributed by atoms with Crippen molar-refractivity contribution in [1.82, 2.24) is 9.55 Å². The lowest BCUT2D eigenvalue weighted by atomic mass is 10.1. The number of aryl methyl sites for hydroxylation is 1. The number of nitrogens with zero attached hydrogens (tertiary/aromatic N) is 2. The molecule has 29 heavy (non-hydrogen) atoms. The van der Waals surface area contributed by atoms with Gasteiger partial charge < -0.3 is 4.74 Å². The predicted molar refractivity (Wildman–Crippen MR) is 122 cm³/mol. The van der Waals surface area contributed by atoms with Gasteiger partial charge in [0.05, 0.1) is 23.7 Å². The number of ether oxygens (including phenoxy) is 1. The lowest BCUT2D eigenvalue weighted by Crippen LogP contribution is -2.22. The van der Waals surface area contributed by atoms with E-state index in [0.717, 1.165) is 27.0 Å². The molecule has 1 heterocycles. The maximum atomic E-state index is 13.3. The van der Waals surface area contributed by atoms with Gasteiger partial charge in [0.2, 0.25) is 0 Å². The van der Waals surface area contributed by atoms with Gasteiger partial charge in [-0.05, 0) is 61.0 Å². The number of hydrogen-bond donors (Lipinski definition) is 0. The lowest BCUT2D eigenvalue weighted by molar-refractivity contribution is 0.414. The van der Waals surface area contributed by atoms with E-state index in [9.17, 15) is 4.79 Å². The second-order valence-electron chi connectivity index (χ2n) is 6.64. The van der Waals surface area contributed by atoms with Crippen LogP contribution in [0, 0.1) is 6.92 Å². The monoisotopic (exact) mass is 446 g/mol. The van der Waals surface area contributed by atoms with Crippen LogP contribution in [-0.4, -0.2) is 16.7 Å². The first-order valence-electron chi connectivity index (χ1n) is 9.18. The second-order valence-corrected chi connectivity index (χ2v) is 7.49. The Hall–Kier alpha value is -3.18. The van der Waals surface area contributed by atoms with Gasteiger partial charge in [-0.2, -0.15) is 0 Å². The third kappa shape index (κ3) is 3.74. The lowest BCUT2D eigenvalue weighted by Gasteiger charge is -2.13. The molecule has 1 aromatic heterocycles. The standard InChI is InChI=1S/C24H19BrN2O2/c1-16-15-18(12-13-20(16)25)27-23(14-11-17-7-3-6-10-22(17)29-2)26-21-9-5-4-8-19(21)24(27)28/h3-15H,1-2H3/b14-11+. The molecule has 0 aliphatic carbocycles. The number of aromatic nitrogens is 2. The summed E-state index contributed by atoms with van der Waals surface area (Å²) in [6.07, 6.45) is 3.76. The Morgan fingerprint density at radius 2 is 1.76 bits per heavy atom. The van der Waals surface area contributed by atoms with Crippen LogP contribution in [0.1, 0.15) is 17.0 Å². The van der Waals surface area contributed by atoms with Crippen LogP contribution >= 0.6 is 15.9 Å². The van der Waals surface area contributed by atoms with Gasteiger partial charge in [-0.3, -0.25) is 9.36 Å². The minimum atomic E-state index is -0.100. The number of methoxy groups -OCH3 is 1. The molecule has 0 N–H and O–H groups in total. The van der Waals surface area contributed by atoms with Crippen molar-refractivity contribution in [2.75, 3.05) is 7.11 Å². The number of benzene rings is 3. The maximum Gasteiger partial charge on any atom is 0.266 e. The molecule has 144 valence electrons. The Bertz CT molecular complexity index is 1290. The van der Waals surface area contributed by atoms with Crippen LogP contribution in [-0.2, 0) is 0 Å². The predicted octanol–water partition coefficient (Wildman–Crippen LogP) is 5.64. The molecule has 4 rings (SSSR count). The fraction of sp³-hybridized carbons (Fsp3) is 0.0833. The van der Waals surface area contributed by atoms with Crippen molar-refractivity contribution in [2.24, 2.45) is 0 Å². The van der Waals surface area contributed by atoms with Crippen LogP contribution in [0.5, 0.6) is 5.75 Å². The van der Waals surface area contributed by atoms with E-state index >= 15 is 0 Å². The first-order chi connectivity index (χ1) is 14.1. The molecule has 0 saturated heterocycles. The highest BCUT2D eigenvalue weighted by Gasteiger charge is 2.12. The minimum absolute atomic E-state index is 0.100. The zero-order valence-electron chi connectivity index (χ0n) is 16.1. The summed E-state index contributed by atoms with van der Waals surface area (Å²) in [7, 11) is 1.64. The van der Waals surface area contributed by atoms with Crippen LogP contribution in [0.2, 0.25) is 0 Å². The van der Waals surface area contributed by atoms with Crippen molar-refractivity contribution >= 4 is 39.0 Å². The van der Waals surface area contributed by atoms with Gasteiger partial charge in [0.15, 0.2) is 0 Å². The normalized spacial score (nSPS) is 11.3. The van der Waals surface area contributed by atoms with Gasteiger partial charge in [-0.25, -0.2) is 4.98 Å². The fourth-order valence-corrected chi connectivity index (χ4v) is 3.49. The Morgan fingerprint density at radius 3 is 2.55 bits per heavy atom. The van der Waals surface area contributed by atoms with Gasteiger partial charge in [-0.15, -0.1) is 0 Å². The highest BCUT2D eigenvalue weighted by atomic mass is 79.9. The van der Waals surface area contributed by atoms with Gasteiger partial charge in [0.25, 0.3) is 5.56 Å². The number of rotatable bonds is 4. The summed E-state index contributed by atoms with van der Waals surface area (Å²) in [4.78, 5) is 18.1. The third-order valence-corrected chi connectivity index (χ3v) is 5.64. The molecule has 0 saturated carbocycles. The van der Waals surface area contributed by atoms with Gasteiger partial charge in [0, 0.05) is 10.0 Å². The highest BCUT2D eigenvalue weighted by molar-refractivity contribution is 9.10. The zero-order valence-corrected chi connectivity index (χ0v) is 17.7. The smallest absolute Gasteiger partial charge is 0.266 e. The third-order valence-electron chi connectivity index (χ3n) is 4.75. The van der Waals surface area contributed by atoms with Gasteiger partial charge in [-0.1, -0.05) is 46.3 Å². The highest BCUT2D eigenvalue weighted by Crippen LogP contribution is 2.23. The molecule has 5 heteroatoms. The molecular weight excluding hydrogens is 428 g/mol. The zero-order chi connectivity index (χ0) is 20.4. The van der Waals surface area contributed by atoms with E-state index in [4.69, 9.17) is 9.72 Å². The van der Waals surface area contributed by atoms with E-state index in [1.807, 2.05) is 79.7 Å². The molecule has 3 aromatic carbocycles. The van der Waals surface area contributed by atoms with Crippen molar-refractivity contribution in [2.45, 2.75) is 6.92 Å². The molecular formula is C24H19BrN2O2. The largest absolute Gasteiger partial charge is 0.496 e. The molecule has 0 atom stereocenters. The molecule has 4 aromatic rings. The first-order valence-corrected chi connectivity index (χ1v) is 9.97. The SMILES string of the molecule is COc1ccccc1/C=C/c1nc2ccccc2c(=O)n1-c1ccc(Br)c(C)c1. The topological polar surface area (TPSA) is 44.1 Å². The van der Waals surface area contributed by atoms with Gasteiger partial charge in [0.1, 0.15) is 11.6 Å². The summed E-state index contributed by atoms with van der Waals surface area (Å²) in [5.41, 5.74) is 3.30. The summed E-state index contributed by atoms with van der Waals surface area (Å²) in [6.45, 7) is 2.00. The Morgan fingerprint density at radius 1 is 1.00 bits per heavy atom. The average molecular weight is 447 g/mol. The molecule has 0 fully saturated rings. The summed E-state index contributed by atoms with van der Waals surface area (Å²) in [6, 6.07) is 21.0. The van der Waals surface area contributed by atoms with E-state index in [1.165, 1.54) is 0 Å². The van der Waals surface area contributed by atoms with E-state index in [-0.39, 0.29) is 5.56 Å². The van der Waals surface area contributed by atoms with E-state index in [0.29, 0.717) is 16.7 Å². The molecule has 0 aliphatic heterocycles. The van der Waals surface area contributed by atoms with Crippen molar-refractivity contribution in [3.05, 3.63) is 98.5 Å². The number of halogens is 1. The molecule has 0 aliphatic rings. The Kier molecular flexibility index (Phi) is 5.32. The fourth-order valence-electron chi connectivity index (χ4n) is 3.25. The van der Waals surface area contributed by atoms with Crippen LogP contribution in [0.15, 0.2) is 76.0 Å². The van der Waals surface area contributed by atoms with Crippen LogP contribution < -0.4 is 10.3 Å². The van der Waals surface area contributed by atoms with Gasteiger partial charge >= 0.3 is 0 Å². The summed E-state index contributed by atoms with van der Waals surface area (Å²) >= 11 is 3.53. The Balaban J connectivity index is 1.95. The van der Waals surface area contributed by atoms with E-state index in [2.05, 4.69) is 15.9 Å². The van der Waals surface area contributed by atoms with Crippen molar-refractivity contribution in [1.29, 1.82) is 0 Å². The summed E-state index contributed by atoms with van der Waals surface area (Å²) < 4.78 is 8.07.